The molecule has 0 saturated heterocycles. The van der Waals surface area contributed by atoms with E-state index in [9.17, 15) is 0 Å². The van der Waals surface area contributed by atoms with E-state index < -0.39 is 0 Å². The van der Waals surface area contributed by atoms with Crippen molar-refractivity contribution in [2.45, 2.75) is 105 Å². The fourth-order valence-electron chi connectivity index (χ4n) is 7.65. The van der Waals surface area contributed by atoms with Crippen LogP contribution in [-0.2, 0) is 0 Å². The molecule has 0 nitrogen and oxygen atoms in total. The van der Waals surface area contributed by atoms with Gasteiger partial charge in [0, 0.05) is 0 Å². The first-order chi connectivity index (χ1) is 11.1. The summed E-state index contributed by atoms with van der Waals surface area (Å²) in [5.41, 5.74) is 3.46. The van der Waals surface area contributed by atoms with E-state index in [1.54, 1.807) is 77.0 Å². The first-order valence-electron chi connectivity index (χ1n) is 11.1. The Balaban J connectivity index is 0.0000000726. The smallest absolute Gasteiger partial charge is 0.0318 e. The Bertz CT molecular complexity index is 364. The molecule has 0 N–H and O–H groups in total. The molecule has 0 radical (unpaired) electrons. The highest BCUT2D eigenvalue weighted by atomic mass is 14.6. The maximum Gasteiger partial charge on any atom is -0.0318 e. The molecular weight excluding hydrogens is 288 g/mol. The molecule has 0 heterocycles. The van der Waals surface area contributed by atoms with Gasteiger partial charge in [0.2, 0.25) is 0 Å². The first kappa shape index (κ1) is 16.2. The van der Waals surface area contributed by atoms with Gasteiger partial charge in [-0.1, -0.05) is 27.7 Å². The van der Waals surface area contributed by atoms with Crippen LogP contribution in [0, 0.1) is 45.3 Å². The highest BCUT2D eigenvalue weighted by Crippen LogP contribution is 2.65. The van der Waals surface area contributed by atoms with Crippen molar-refractivity contribution in [3.63, 3.8) is 0 Å². The molecule has 136 valence electrons. The number of hydrogen-bond acceptors (Lipinski definition) is 0. The lowest BCUT2D eigenvalue weighted by molar-refractivity contribution is -0.0883. The van der Waals surface area contributed by atoms with Gasteiger partial charge in [-0.25, -0.2) is 0 Å². The first-order valence-corrected chi connectivity index (χ1v) is 11.1. The average Bonchev–Trinajstić information content (AvgIpc) is 2.25. The van der Waals surface area contributed by atoms with Crippen molar-refractivity contribution in [2.75, 3.05) is 0 Å². The number of hydrogen-bond donors (Lipinski definition) is 0. The van der Waals surface area contributed by atoms with E-state index in [0.29, 0.717) is 0 Å². The summed E-state index contributed by atoms with van der Waals surface area (Å²) in [5.74, 6) is 4.70. The van der Waals surface area contributed by atoms with Gasteiger partial charge in [-0.3, -0.25) is 0 Å². The van der Waals surface area contributed by atoms with Gasteiger partial charge in [0.15, 0.2) is 0 Å². The predicted octanol–water partition coefficient (Wildman–Crippen LogP) is 7.23. The van der Waals surface area contributed by atoms with Crippen molar-refractivity contribution in [1.29, 1.82) is 0 Å². The monoisotopic (exact) mass is 328 g/mol. The van der Waals surface area contributed by atoms with Gasteiger partial charge in [0.05, 0.1) is 0 Å². The van der Waals surface area contributed by atoms with Gasteiger partial charge in [-0.15, -0.1) is 0 Å². The van der Waals surface area contributed by atoms with Crippen molar-refractivity contribution in [1.82, 2.24) is 0 Å². The van der Waals surface area contributed by atoms with Crippen LogP contribution in [0.3, 0.4) is 0 Å². The third-order valence-corrected chi connectivity index (χ3v) is 9.38. The zero-order valence-electron chi connectivity index (χ0n) is 16.8. The Morgan fingerprint density at radius 3 is 0.417 bits per heavy atom. The summed E-state index contributed by atoms with van der Waals surface area (Å²) in [4.78, 5) is 0. The molecule has 0 aromatic carbocycles. The van der Waals surface area contributed by atoms with Crippen LogP contribution in [0.1, 0.15) is 105 Å². The van der Waals surface area contributed by atoms with Crippen LogP contribution in [-0.4, -0.2) is 0 Å². The van der Waals surface area contributed by atoms with Crippen LogP contribution < -0.4 is 0 Å². The fourth-order valence-corrected chi connectivity index (χ4v) is 7.65. The van der Waals surface area contributed by atoms with E-state index in [1.807, 2.05) is 0 Å². The van der Waals surface area contributed by atoms with E-state index in [1.165, 1.54) is 23.7 Å². The molecule has 0 unspecified atom stereocenters. The highest BCUT2D eigenvalue weighted by Gasteiger charge is 2.54. The topological polar surface area (TPSA) is 0 Å². The van der Waals surface area contributed by atoms with Crippen LogP contribution in [0.25, 0.3) is 0 Å². The minimum atomic E-state index is 0.866. The summed E-state index contributed by atoms with van der Waals surface area (Å²) in [6.07, 6.45) is 18.6. The minimum Gasteiger partial charge on any atom is -0.0596 e. The van der Waals surface area contributed by atoms with Gasteiger partial charge in [0.1, 0.15) is 0 Å². The van der Waals surface area contributed by atoms with Crippen molar-refractivity contribution >= 4 is 0 Å². The number of rotatable bonds is 0. The molecule has 8 bridgehead atoms. The second-order valence-electron chi connectivity index (χ2n) is 13.2. The average molecular weight is 329 g/mol. The molecule has 12 saturated carbocycles. The van der Waals surface area contributed by atoms with Gasteiger partial charge >= 0.3 is 0 Å². The van der Waals surface area contributed by atoms with E-state index in [0.717, 1.165) is 21.7 Å². The van der Waals surface area contributed by atoms with Crippen molar-refractivity contribution in [3.05, 3.63) is 0 Å². The largest absolute Gasteiger partial charge is 0.0596 e. The minimum absolute atomic E-state index is 0.866. The van der Waals surface area contributed by atoms with E-state index in [2.05, 4.69) is 27.7 Å². The van der Waals surface area contributed by atoms with Gasteiger partial charge in [0.25, 0.3) is 0 Å². The SMILES string of the molecule is CC12CC(C1)C2.CC12CC(C1)C2.CC12CC(C1)C2.CC12CC(C1)C2. The molecule has 12 aliphatic carbocycles. The molecule has 24 heavy (non-hydrogen) atoms. The molecule has 12 rings (SSSR count). The van der Waals surface area contributed by atoms with Crippen LogP contribution >= 0.6 is 0 Å². The molecule has 0 amide bonds. The maximum atomic E-state index is 2.40. The summed E-state index contributed by atoms with van der Waals surface area (Å²) < 4.78 is 0. The van der Waals surface area contributed by atoms with E-state index >= 15 is 0 Å². The molecular formula is C24H40. The van der Waals surface area contributed by atoms with Crippen molar-refractivity contribution in [3.8, 4) is 0 Å². The summed E-state index contributed by atoms with van der Waals surface area (Å²) in [6, 6.07) is 0. The molecule has 0 heteroatoms. The molecule has 0 spiro atoms. The van der Waals surface area contributed by atoms with Gasteiger partial charge < -0.3 is 0 Å². The van der Waals surface area contributed by atoms with E-state index in [4.69, 9.17) is 0 Å². The standard InChI is InChI=1S/4C6H10/c4*1-6-2-5(3-6)4-6/h4*5H,2-4H2,1H3. The second kappa shape index (κ2) is 4.83. The zero-order valence-corrected chi connectivity index (χ0v) is 16.8. The highest BCUT2D eigenvalue weighted by molar-refractivity contribution is 5.04. The summed E-state index contributed by atoms with van der Waals surface area (Å²) >= 11 is 0. The normalized spacial score (nSPS) is 62.5. The Labute approximate surface area is 150 Å². The summed E-state index contributed by atoms with van der Waals surface area (Å²) in [7, 11) is 0. The van der Waals surface area contributed by atoms with Crippen LogP contribution in [0.4, 0.5) is 0 Å². The molecule has 0 aromatic heterocycles. The lowest BCUT2D eigenvalue weighted by atomic mass is 9.45. The van der Waals surface area contributed by atoms with Crippen LogP contribution in [0.2, 0.25) is 0 Å². The lowest BCUT2D eigenvalue weighted by Gasteiger charge is -2.60. The summed E-state index contributed by atoms with van der Waals surface area (Å²) in [5, 5.41) is 0. The third-order valence-electron chi connectivity index (χ3n) is 9.38. The molecule has 12 fully saturated rings. The molecule has 0 aliphatic heterocycles. The maximum absolute atomic E-state index is 2.40. The van der Waals surface area contributed by atoms with Gasteiger partial charge in [-0.05, 0) is 122 Å². The van der Waals surface area contributed by atoms with Crippen LogP contribution in [0.5, 0.6) is 0 Å². The molecule has 0 aromatic rings. The zero-order chi connectivity index (χ0) is 16.8. The summed E-state index contributed by atoms with van der Waals surface area (Å²) in [6.45, 7) is 9.58. The third kappa shape index (κ3) is 2.69. The van der Waals surface area contributed by atoms with E-state index in [-0.39, 0.29) is 0 Å². The Kier molecular flexibility index (Phi) is 3.26. The van der Waals surface area contributed by atoms with Gasteiger partial charge in [-0.2, -0.15) is 0 Å². The fraction of sp³-hybridized carbons (Fsp3) is 1.00. The Morgan fingerprint density at radius 1 is 0.333 bits per heavy atom. The Hall–Kier alpha value is 0. The second-order valence-corrected chi connectivity index (χ2v) is 13.2. The predicted molar refractivity (Wildman–Crippen MR) is 102 cm³/mol. The Morgan fingerprint density at radius 2 is 0.417 bits per heavy atom. The quantitative estimate of drug-likeness (QED) is 0.440. The van der Waals surface area contributed by atoms with Crippen LogP contribution in [0.15, 0.2) is 0 Å². The van der Waals surface area contributed by atoms with Crippen molar-refractivity contribution < 1.29 is 0 Å². The molecule has 12 aliphatic rings. The van der Waals surface area contributed by atoms with Crippen molar-refractivity contribution in [2.24, 2.45) is 45.3 Å². The molecule has 0 atom stereocenters. The lowest BCUT2D eigenvalue weighted by Crippen LogP contribution is -2.49.